The summed E-state index contributed by atoms with van der Waals surface area (Å²) in [6.07, 6.45) is 2.19. The van der Waals surface area contributed by atoms with Gasteiger partial charge in [0.1, 0.15) is 11.4 Å². The maximum Gasteiger partial charge on any atom is 0.407 e. The van der Waals surface area contributed by atoms with E-state index in [9.17, 15) is 9.18 Å². The van der Waals surface area contributed by atoms with Crippen LogP contribution in [0, 0.1) is 5.82 Å². The highest BCUT2D eigenvalue weighted by Crippen LogP contribution is 2.19. The van der Waals surface area contributed by atoms with Crippen molar-refractivity contribution in [3.05, 3.63) is 35.8 Å². The quantitative estimate of drug-likeness (QED) is 0.332. The molecule has 7 nitrogen and oxygen atoms in total. The van der Waals surface area contributed by atoms with Crippen molar-refractivity contribution in [2.24, 2.45) is 4.99 Å². The van der Waals surface area contributed by atoms with Crippen LogP contribution in [0.1, 0.15) is 33.3 Å². The van der Waals surface area contributed by atoms with Gasteiger partial charge in [-0.1, -0.05) is 0 Å². The van der Waals surface area contributed by atoms with Gasteiger partial charge >= 0.3 is 6.09 Å². The molecular formula is C20H30FN5O2. The molecule has 0 saturated heterocycles. The van der Waals surface area contributed by atoms with Crippen LogP contribution in [0.4, 0.5) is 9.18 Å². The highest BCUT2D eigenvalue weighted by Gasteiger charge is 2.15. The number of guanidine groups is 1. The van der Waals surface area contributed by atoms with Crippen LogP contribution in [0.3, 0.4) is 0 Å². The monoisotopic (exact) mass is 391 g/mol. The molecule has 0 radical (unpaired) electrons. The molecule has 0 bridgehead atoms. The fourth-order valence-corrected chi connectivity index (χ4v) is 2.65. The van der Waals surface area contributed by atoms with Crippen molar-refractivity contribution >= 4 is 23.0 Å². The molecule has 0 aliphatic carbocycles. The van der Waals surface area contributed by atoms with E-state index >= 15 is 0 Å². The van der Waals surface area contributed by atoms with E-state index in [-0.39, 0.29) is 5.82 Å². The van der Waals surface area contributed by atoms with E-state index in [0.29, 0.717) is 25.6 Å². The van der Waals surface area contributed by atoms with E-state index in [1.54, 1.807) is 6.07 Å². The van der Waals surface area contributed by atoms with Crippen LogP contribution in [0.5, 0.6) is 0 Å². The lowest BCUT2D eigenvalue weighted by atomic mass is 10.1. The molecule has 1 heterocycles. The first-order chi connectivity index (χ1) is 13.3. The smallest absolute Gasteiger partial charge is 0.407 e. The first-order valence-corrected chi connectivity index (χ1v) is 9.53. The summed E-state index contributed by atoms with van der Waals surface area (Å²) < 4.78 is 18.5. The predicted octanol–water partition coefficient (Wildman–Crippen LogP) is 2.93. The van der Waals surface area contributed by atoms with Gasteiger partial charge in [-0.2, -0.15) is 0 Å². The number of alkyl carbamates (subject to hydrolysis) is 1. The molecule has 28 heavy (non-hydrogen) atoms. The van der Waals surface area contributed by atoms with Crippen LogP contribution in [-0.4, -0.2) is 48.8 Å². The lowest BCUT2D eigenvalue weighted by Gasteiger charge is -2.19. The van der Waals surface area contributed by atoms with Gasteiger partial charge in [-0.3, -0.25) is 4.99 Å². The van der Waals surface area contributed by atoms with Crippen molar-refractivity contribution in [1.82, 2.24) is 20.9 Å². The van der Waals surface area contributed by atoms with Crippen LogP contribution < -0.4 is 16.0 Å². The number of hydrogen-bond donors (Lipinski definition) is 4. The van der Waals surface area contributed by atoms with Gasteiger partial charge in [0.05, 0.1) is 0 Å². The van der Waals surface area contributed by atoms with Gasteiger partial charge in [-0.05, 0) is 57.9 Å². The van der Waals surface area contributed by atoms with Gasteiger partial charge < -0.3 is 25.7 Å². The summed E-state index contributed by atoms with van der Waals surface area (Å²) in [5.41, 5.74) is 1.38. The van der Waals surface area contributed by atoms with Gasteiger partial charge in [0.25, 0.3) is 0 Å². The third-order valence-electron chi connectivity index (χ3n) is 3.81. The normalized spacial score (nSPS) is 12.1. The number of fused-ring (bicyclic) bond motifs is 1. The van der Waals surface area contributed by atoms with Crippen LogP contribution in [-0.2, 0) is 11.2 Å². The number of rotatable bonds is 7. The van der Waals surface area contributed by atoms with E-state index in [2.05, 4.69) is 25.9 Å². The van der Waals surface area contributed by atoms with E-state index in [4.69, 9.17) is 4.74 Å². The Balaban J connectivity index is 1.80. The number of nitrogens with zero attached hydrogens (tertiary/aromatic N) is 1. The molecule has 4 N–H and O–H groups in total. The summed E-state index contributed by atoms with van der Waals surface area (Å²) >= 11 is 0. The van der Waals surface area contributed by atoms with Crippen LogP contribution >= 0.6 is 0 Å². The number of aliphatic imine (C=N–C) groups is 1. The maximum atomic E-state index is 13.3. The number of aromatic nitrogens is 1. The number of benzene rings is 1. The minimum Gasteiger partial charge on any atom is -0.444 e. The number of ether oxygens (including phenoxy) is 1. The summed E-state index contributed by atoms with van der Waals surface area (Å²) in [7, 11) is 0. The topological polar surface area (TPSA) is 90.5 Å². The molecule has 0 saturated carbocycles. The number of hydrogen-bond acceptors (Lipinski definition) is 3. The predicted molar refractivity (Wildman–Crippen MR) is 110 cm³/mol. The maximum absolute atomic E-state index is 13.3. The molecule has 0 unspecified atom stereocenters. The van der Waals surface area contributed by atoms with Gasteiger partial charge in [-0.15, -0.1) is 0 Å². The molecular weight excluding hydrogens is 361 g/mol. The van der Waals surface area contributed by atoms with Gasteiger partial charge in [0.2, 0.25) is 0 Å². The molecule has 2 aromatic rings. The number of H-pyrrole nitrogens is 1. The zero-order valence-corrected chi connectivity index (χ0v) is 17.0. The highest BCUT2D eigenvalue weighted by molar-refractivity contribution is 5.83. The first-order valence-electron chi connectivity index (χ1n) is 9.53. The summed E-state index contributed by atoms with van der Waals surface area (Å²) in [4.78, 5) is 19.3. The Bertz CT molecular complexity index is 811. The number of carbonyl (C=O) groups excluding carboxylic acids is 1. The molecule has 1 amide bonds. The molecule has 154 valence electrons. The van der Waals surface area contributed by atoms with Crippen LogP contribution in [0.15, 0.2) is 29.4 Å². The number of halogens is 1. The first kappa shape index (κ1) is 21.5. The number of carbonyl (C=O) groups is 1. The minimum absolute atomic E-state index is 0.252. The van der Waals surface area contributed by atoms with Crippen molar-refractivity contribution in [2.75, 3.05) is 26.2 Å². The lowest BCUT2D eigenvalue weighted by Crippen LogP contribution is -2.42. The number of amides is 1. The van der Waals surface area contributed by atoms with E-state index < -0.39 is 11.7 Å². The fraction of sp³-hybridized carbons (Fsp3) is 0.500. The number of nitrogens with one attached hydrogen (secondary N) is 4. The second-order valence-electron chi connectivity index (χ2n) is 7.37. The standard InChI is InChI=1S/C20H30FN5O2/c1-5-22-18(24-10-11-25-19(27)28-20(2,3)4)23-9-8-14-13-26-17-12-15(21)6-7-16(14)17/h6-7,12-13,26H,5,8-11H2,1-4H3,(H,25,27)(H2,22,23,24). The molecule has 0 aliphatic heterocycles. The zero-order valence-electron chi connectivity index (χ0n) is 17.0. The molecule has 0 aliphatic rings. The molecule has 0 atom stereocenters. The third kappa shape index (κ3) is 7.09. The summed E-state index contributed by atoms with van der Waals surface area (Å²) in [5.74, 6) is 0.428. The van der Waals surface area contributed by atoms with Crippen molar-refractivity contribution < 1.29 is 13.9 Å². The third-order valence-corrected chi connectivity index (χ3v) is 3.81. The second kappa shape index (κ2) is 9.96. The number of aromatic amines is 1. The summed E-state index contributed by atoms with van der Waals surface area (Å²) in [6, 6.07) is 4.74. The Kier molecular flexibility index (Phi) is 7.66. The Morgan fingerprint density at radius 1 is 1.21 bits per heavy atom. The van der Waals surface area contributed by atoms with Crippen LogP contribution in [0.25, 0.3) is 10.9 Å². The van der Waals surface area contributed by atoms with E-state index in [1.165, 1.54) is 12.1 Å². The van der Waals surface area contributed by atoms with Crippen molar-refractivity contribution in [1.29, 1.82) is 0 Å². The van der Waals surface area contributed by atoms with Gasteiger partial charge in [0.15, 0.2) is 5.96 Å². The summed E-state index contributed by atoms with van der Waals surface area (Å²) in [6.45, 7) is 9.73. The molecule has 8 heteroatoms. The Hall–Kier alpha value is -2.77. The minimum atomic E-state index is -0.512. The largest absolute Gasteiger partial charge is 0.444 e. The van der Waals surface area contributed by atoms with Crippen LogP contribution in [0.2, 0.25) is 0 Å². The second-order valence-corrected chi connectivity index (χ2v) is 7.37. The van der Waals surface area contributed by atoms with Gasteiger partial charge in [-0.25, -0.2) is 9.18 Å². The Labute approximate surface area is 165 Å². The Morgan fingerprint density at radius 2 is 1.96 bits per heavy atom. The van der Waals surface area contributed by atoms with E-state index in [0.717, 1.165) is 29.4 Å². The summed E-state index contributed by atoms with van der Waals surface area (Å²) in [5, 5.41) is 10.1. The Morgan fingerprint density at radius 3 is 2.68 bits per heavy atom. The van der Waals surface area contributed by atoms with Crippen molar-refractivity contribution in [2.45, 2.75) is 39.7 Å². The SMILES string of the molecule is CCNC(=NCCc1c[nH]c2cc(F)ccc12)NCCNC(=O)OC(C)(C)C. The lowest BCUT2D eigenvalue weighted by molar-refractivity contribution is 0.0529. The molecule has 1 aromatic carbocycles. The molecule has 0 spiro atoms. The zero-order chi connectivity index (χ0) is 20.6. The molecule has 1 aromatic heterocycles. The fourth-order valence-electron chi connectivity index (χ4n) is 2.65. The average Bonchev–Trinajstić information content (AvgIpc) is 2.99. The van der Waals surface area contributed by atoms with E-state index in [1.807, 2.05) is 33.9 Å². The van der Waals surface area contributed by atoms with Crippen molar-refractivity contribution in [3.63, 3.8) is 0 Å². The van der Waals surface area contributed by atoms with Crippen molar-refractivity contribution in [3.8, 4) is 0 Å². The highest BCUT2D eigenvalue weighted by atomic mass is 19.1. The molecule has 0 fully saturated rings. The molecule has 2 rings (SSSR count). The average molecular weight is 391 g/mol. The van der Waals surface area contributed by atoms with Gasteiger partial charge in [0, 0.05) is 43.3 Å².